The molecule has 1 aliphatic rings. The van der Waals surface area contributed by atoms with E-state index in [1.54, 1.807) is 4.90 Å². The third kappa shape index (κ3) is 4.32. The van der Waals surface area contributed by atoms with Crippen molar-refractivity contribution in [3.63, 3.8) is 0 Å². The minimum Gasteiger partial charge on any atom is -0.480 e. The molecular formula is C17H22N2O4. The van der Waals surface area contributed by atoms with Gasteiger partial charge in [0.1, 0.15) is 12.6 Å². The monoisotopic (exact) mass is 318 g/mol. The zero-order chi connectivity index (χ0) is 16.8. The second-order valence-corrected chi connectivity index (χ2v) is 5.54. The van der Waals surface area contributed by atoms with E-state index in [4.69, 9.17) is 4.74 Å². The SMILES string of the molecule is C=CCOC(=O)N1CCN(C(C(=O)O)c2cccc(C)c2)CC1. The van der Waals surface area contributed by atoms with Crippen molar-refractivity contribution in [3.8, 4) is 0 Å². The lowest BCUT2D eigenvalue weighted by atomic mass is 10.0. The van der Waals surface area contributed by atoms with Crippen LogP contribution in [0, 0.1) is 6.92 Å². The first-order chi connectivity index (χ1) is 11.0. The Morgan fingerprint density at radius 3 is 2.61 bits per heavy atom. The van der Waals surface area contributed by atoms with Crippen molar-refractivity contribution in [2.75, 3.05) is 32.8 Å². The van der Waals surface area contributed by atoms with E-state index in [1.165, 1.54) is 6.08 Å². The highest BCUT2D eigenvalue weighted by atomic mass is 16.6. The lowest BCUT2D eigenvalue weighted by molar-refractivity contribution is -0.144. The number of carboxylic acids is 1. The highest BCUT2D eigenvalue weighted by Gasteiger charge is 2.31. The van der Waals surface area contributed by atoms with Gasteiger partial charge in [-0.1, -0.05) is 42.5 Å². The Morgan fingerprint density at radius 1 is 1.35 bits per heavy atom. The van der Waals surface area contributed by atoms with Gasteiger partial charge in [0.05, 0.1) is 0 Å². The number of aryl methyl sites for hydroxylation is 1. The van der Waals surface area contributed by atoms with Crippen LogP contribution >= 0.6 is 0 Å². The van der Waals surface area contributed by atoms with Gasteiger partial charge in [0.2, 0.25) is 0 Å². The van der Waals surface area contributed by atoms with Crippen LogP contribution in [0.5, 0.6) is 0 Å². The Hall–Kier alpha value is -2.34. The topological polar surface area (TPSA) is 70.1 Å². The maximum absolute atomic E-state index is 11.8. The zero-order valence-corrected chi connectivity index (χ0v) is 13.3. The molecule has 1 heterocycles. The molecule has 1 N–H and O–H groups in total. The number of aliphatic carboxylic acids is 1. The van der Waals surface area contributed by atoms with Crippen LogP contribution in [-0.2, 0) is 9.53 Å². The maximum Gasteiger partial charge on any atom is 0.410 e. The maximum atomic E-state index is 11.8. The minimum absolute atomic E-state index is 0.181. The Bertz CT molecular complexity index is 580. The molecule has 6 nitrogen and oxygen atoms in total. The van der Waals surface area contributed by atoms with Crippen LogP contribution in [0.3, 0.4) is 0 Å². The van der Waals surface area contributed by atoms with Crippen LogP contribution in [0.25, 0.3) is 0 Å². The summed E-state index contributed by atoms with van der Waals surface area (Å²) in [6.45, 7) is 7.51. The number of carboxylic acid groups (broad SMARTS) is 1. The summed E-state index contributed by atoms with van der Waals surface area (Å²) < 4.78 is 5.01. The summed E-state index contributed by atoms with van der Waals surface area (Å²) in [5.74, 6) is -0.877. The van der Waals surface area contributed by atoms with Crippen LogP contribution < -0.4 is 0 Å². The van der Waals surface area contributed by atoms with Crippen molar-refractivity contribution in [1.29, 1.82) is 0 Å². The van der Waals surface area contributed by atoms with Crippen molar-refractivity contribution < 1.29 is 19.4 Å². The molecular weight excluding hydrogens is 296 g/mol. The molecule has 1 amide bonds. The molecule has 1 aromatic carbocycles. The van der Waals surface area contributed by atoms with E-state index in [2.05, 4.69) is 6.58 Å². The van der Waals surface area contributed by atoms with E-state index in [-0.39, 0.29) is 12.7 Å². The molecule has 1 unspecified atom stereocenters. The van der Waals surface area contributed by atoms with Crippen LogP contribution in [0.4, 0.5) is 4.79 Å². The molecule has 124 valence electrons. The molecule has 1 fully saturated rings. The van der Waals surface area contributed by atoms with Crippen molar-refractivity contribution >= 4 is 12.1 Å². The van der Waals surface area contributed by atoms with Gasteiger partial charge in [0.15, 0.2) is 0 Å². The number of hydrogen-bond acceptors (Lipinski definition) is 4. The van der Waals surface area contributed by atoms with Crippen LogP contribution in [0.2, 0.25) is 0 Å². The summed E-state index contributed by atoms with van der Waals surface area (Å²) in [5.41, 5.74) is 1.79. The van der Waals surface area contributed by atoms with E-state index >= 15 is 0 Å². The van der Waals surface area contributed by atoms with E-state index in [1.807, 2.05) is 36.1 Å². The fraction of sp³-hybridized carbons (Fsp3) is 0.412. The minimum atomic E-state index is -0.877. The van der Waals surface area contributed by atoms with Crippen LogP contribution in [-0.4, -0.2) is 59.8 Å². The van der Waals surface area contributed by atoms with Crippen molar-refractivity contribution in [2.45, 2.75) is 13.0 Å². The first kappa shape index (κ1) is 17.0. The number of rotatable bonds is 5. The Balaban J connectivity index is 2.02. The molecule has 0 spiro atoms. The van der Waals surface area contributed by atoms with Crippen LogP contribution in [0.1, 0.15) is 17.2 Å². The summed E-state index contributed by atoms with van der Waals surface area (Å²) >= 11 is 0. The lowest BCUT2D eigenvalue weighted by Crippen LogP contribution is -2.51. The van der Waals surface area contributed by atoms with E-state index < -0.39 is 12.0 Å². The highest BCUT2D eigenvalue weighted by molar-refractivity contribution is 5.75. The van der Waals surface area contributed by atoms with Gasteiger partial charge in [-0.3, -0.25) is 9.69 Å². The number of amides is 1. The zero-order valence-electron chi connectivity index (χ0n) is 13.3. The largest absolute Gasteiger partial charge is 0.480 e. The summed E-state index contributed by atoms with van der Waals surface area (Å²) in [7, 11) is 0. The van der Waals surface area contributed by atoms with Crippen LogP contribution in [0.15, 0.2) is 36.9 Å². The van der Waals surface area contributed by atoms with Gasteiger partial charge in [-0.15, -0.1) is 0 Å². The third-order valence-corrected chi connectivity index (χ3v) is 3.85. The summed E-state index contributed by atoms with van der Waals surface area (Å²) in [6.07, 6.45) is 1.14. The first-order valence-corrected chi connectivity index (χ1v) is 7.59. The quantitative estimate of drug-likeness (QED) is 0.842. The smallest absolute Gasteiger partial charge is 0.410 e. The fourth-order valence-corrected chi connectivity index (χ4v) is 2.73. The predicted molar refractivity (Wildman–Crippen MR) is 86.2 cm³/mol. The van der Waals surface area contributed by atoms with Gasteiger partial charge in [0.25, 0.3) is 0 Å². The number of nitrogens with zero attached hydrogens (tertiary/aromatic N) is 2. The van der Waals surface area contributed by atoms with Crippen molar-refractivity contribution in [2.24, 2.45) is 0 Å². The van der Waals surface area contributed by atoms with Gasteiger partial charge in [-0.05, 0) is 12.5 Å². The normalized spacial score (nSPS) is 16.7. The second kappa shape index (κ2) is 7.78. The summed E-state index contributed by atoms with van der Waals surface area (Å²) in [6, 6.07) is 6.83. The first-order valence-electron chi connectivity index (χ1n) is 7.59. The Kier molecular flexibility index (Phi) is 5.76. The average Bonchev–Trinajstić information content (AvgIpc) is 2.53. The Morgan fingerprint density at radius 2 is 2.04 bits per heavy atom. The standard InChI is InChI=1S/C17H22N2O4/c1-3-11-23-17(22)19-9-7-18(8-10-19)15(16(20)21)14-6-4-5-13(2)12-14/h3-6,12,15H,1,7-11H2,2H3,(H,20,21). The second-order valence-electron chi connectivity index (χ2n) is 5.54. The van der Waals surface area contributed by atoms with E-state index in [0.29, 0.717) is 26.2 Å². The van der Waals surface area contributed by atoms with Crippen molar-refractivity contribution in [3.05, 3.63) is 48.0 Å². The van der Waals surface area contributed by atoms with E-state index in [0.717, 1.165) is 11.1 Å². The molecule has 1 atom stereocenters. The predicted octanol–water partition coefficient (Wildman–Crippen LogP) is 2.06. The lowest BCUT2D eigenvalue weighted by Gasteiger charge is -2.37. The number of hydrogen-bond donors (Lipinski definition) is 1. The highest BCUT2D eigenvalue weighted by Crippen LogP contribution is 2.23. The molecule has 0 saturated carbocycles. The van der Waals surface area contributed by atoms with Gasteiger partial charge >= 0.3 is 12.1 Å². The molecule has 0 bridgehead atoms. The van der Waals surface area contributed by atoms with Gasteiger partial charge < -0.3 is 14.7 Å². The molecule has 1 aliphatic heterocycles. The number of piperazine rings is 1. The summed E-state index contributed by atoms with van der Waals surface area (Å²) in [4.78, 5) is 27.0. The number of carbonyl (C=O) groups is 2. The third-order valence-electron chi connectivity index (χ3n) is 3.85. The summed E-state index contributed by atoms with van der Waals surface area (Å²) in [5, 5.41) is 9.60. The number of benzene rings is 1. The molecule has 2 rings (SSSR count). The molecule has 23 heavy (non-hydrogen) atoms. The fourth-order valence-electron chi connectivity index (χ4n) is 2.73. The van der Waals surface area contributed by atoms with Gasteiger partial charge in [-0.25, -0.2) is 4.79 Å². The molecule has 0 radical (unpaired) electrons. The van der Waals surface area contributed by atoms with Gasteiger partial charge in [-0.2, -0.15) is 0 Å². The molecule has 0 aliphatic carbocycles. The molecule has 1 saturated heterocycles. The van der Waals surface area contributed by atoms with E-state index in [9.17, 15) is 14.7 Å². The van der Waals surface area contributed by atoms with Gasteiger partial charge in [0, 0.05) is 26.2 Å². The molecule has 1 aromatic rings. The molecule has 6 heteroatoms. The van der Waals surface area contributed by atoms with Crippen molar-refractivity contribution in [1.82, 2.24) is 9.80 Å². The Labute approximate surface area is 136 Å². The number of ether oxygens (including phenoxy) is 1. The number of carbonyl (C=O) groups excluding carboxylic acids is 1. The molecule has 0 aromatic heterocycles. The average molecular weight is 318 g/mol.